The van der Waals surface area contributed by atoms with Crippen molar-refractivity contribution in [3.8, 4) is 5.75 Å². The zero-order chi connectivity index (χ0) is 13.8. The Balaban J connectivity index is 1.65. The van der Waals surface area contributed by atoms with E-state index >= 15 is 0 Å². The number of hydrogen-bond acceptors (Lipinski definition) is 4. The van der Waals surface area contributed by atoms with Crippen molar-refractivity contribution in [2.75, 3.05) is 0 Å². The normalized spacial score (nSPS) is 15.4. The SMILES string of the molecule is O=Cc1ccccc1OCc1cn(C2CCCC2)nn1. The van der Waals surface area contributed by atoms with Crippen molar-refractivity contribution in [2.45, 2.75) is 38.3 Å². The highest BCUT2D eigenvalue weighted by atomic mass is 16.5. The molecule has 1 heterocycles. The molecule has 1 saturated carbocycles. The average Bonchev–Trinajstić information content (AvgIpc) is 3.16. The van der Waals surface area contributed by atoms with Crippen molar-refractivity contribution < 1.29 is 9.53 Å². The second-order valence-corrected chi connectivity index (χ2v) is 5.07. The minimum atomic E-state index is 0.331. The van der Waals surface area contributed by atoms with Gasteiger partial charge in [0.05, 0.1) is 17.8 Å². The Bertz CT molecular complexity index is 588. The fraction of sp³-hybridized carbons (Fsp3) is 0.400. The summed E-state index contributed by atoms with van der Waals surface area (Å²) >= 11 is 0. The van der Waals surface area contributed by atoms with Gasteiger partial charge in [0.15, 0.2) is 6.29 Å². The molecule has 2 aromatic rings. The summed E-state index contributed by atoms with van der Waals surface area (Å²) in [5.74, 6) is 0.581. The van der Waals surface area contributed by atoms with Gasteiger partial charge in [-0.2, -0.15) is 0 Å². The van der Waals surface area contributed by atoms with E-state index in [1.165, 1.54) is 25.7 Å². The van der Waals surface area contributed by atoms with E-state index in [9.17, 15) is 4.79 Å². The summed E-state index contributed by atoms with van der Waals surface area (Å²) in [6, 6.07) is 7.66. The van der Waals surface area contributed by atoms with Crippen LogP contribution in [-0.2, 0) is 6.61 Å². The third kappa shape index (κ3) is 2.71. The van der Waals surface area contributed by atoms with Gasteiger partial charge in [0, 0.05) is 0 Å². The number of rotatable bonds is 5. The van der Waals surface area contributed by atoms with Gasteiger partial charge in [0.2, 0.25) is 0 Å². The number of nitrogens with zero attached hydrogens (tertiary/aromatic N) is 3. The molecule has 1 aliphatic rings. The third-order valence-corrected chi connectivity index (χ3v) is 3.68. The second kappa shape index (κ2) is 5.86. The van der Waals surface area contributed by atoms with E-state index in [0.29, 0.717) is 24.0 Å². The van der Waals surface area contributed by atoms with Crippen LogP contribution in [0.4, 0.5) is 0 Å². The van der Waals surface area contributed by atoms with Crippen molar-refractivity contribution in [3.05, 3.63) is 41.7 Å². The minimum Gasteiger partial charge on any atom is -0.486 e. The molecule has 0 aliphatic heterocycles. The fourth-order valence-corrected chi connectivity index (χ4v) is 2.59. The molecule has 3 rings (SSSR count). The van der Waals surface area contributed by atoms with E-state index in [4.69, 9.17) is 4.74 Å². The van der Waals surface area contributed by atoms with E-state index in [1.54, 1.807) is 12.1 Å². The Morgan fingerprint density at radius 3 is 2.90 bits per heavy atom. The third-order valence-electron chi connectivity index (χ3n) is 3.68. The molecule has 104 valence electrons. The van der Waals surface area contributed by atoms with Crippen molar-refractivity contribution in [2.24, 2.45) is 0 Å². The Labute approximate surface area is 117 Å². The quantitative estimate of drug-likeness (QED) is 0.785. The van der Waals surface area contributed by atoms with E-state index in [-0.39, 0.29) is 0 Å². The van der Waals surface area contributed by atoms with Crippen molar-refractivity contribution in [1.29, 1.82) is 0 Å². The summed E-state index contributed by atoms with van der Waals surface area (Å²) in [7, 11) is 0. The zero-order valence-corrected chi connectivity index (χ0v) is 11.2. The van der Waals surface area contributed by atoms with E-state index < -0.39 is 0 Å². The Morgan fingerprint density at radius 2 is 2.10 bits per heavy atom. The van der Waals surface area contributed by atoms with Crippen LogP contribution in [0.5, 0.6) is 5.75 Å². The molecule has 0 unspecified atom stereocenters. The maximum atomic E-state index is 10.9. The van der Waals surface area contributed by atoms with Gasteiger partial charge in [-0.1, -0.05) is 30.2 Å². The van der Waals surface area contributed by atoms with Crippen molar-refractivity contribution in [3.63, 3.8) is 0 Å². The molecule has 1 aliphatic carbocycles. The van der Waals surface area contributed by atoms with Gasteiger partial charge in [-0.05, 0) is 25.0 Å². The first kappa shape index (κ1) is 12.8. The van der Waals surface area contributed by atoms with Gasteiger partial charge in [-0.15, -0.1) is 5.10 Å². The molecule has 5 nitrogen and oxygen atoms in total. The molecule has 5 heteroatoms. The largest absolute Gasteiger partial charge is 0.486 e. The van der Waals surface area contributed by atoms with Crippen LogP contribution < -0.4 is 4.74 Å². The molecule has 0 N–H and O–H groups in total. The topological polar surface area (TPSA) is 57.0 Å². The first-order valence-corrected chi connectivity index (χ1v) is 6.94. The predicted octanol–water partition coefficient (Wildman–Crippen LogP) is 2.78. The number of carbonyl (C=O) groups is 1. The van der Waals surface area contributed by atoms with Gasteiger partial charge in [0.25, 0.3) is 0 Å². The molecule has 0 amide bonds. The van der Waals surface area contributed by atoms with E-state index in [0.717, 1.165) is 12.0 Å². The molecule has 1 fully saturated rings. The number of aromatic nitrogens is 3. The van der Waals surface area contributed by atoms with Crippen LogP contribution in [0.1, 0.15) is 47.8 Å². The maximum absolute atomic E-state index is 10.9. The lowest BCUT2D eigenvalue weighted by Crippen LogP contribution is -2.05. The van der Waals surface area contributed by atoms with Crippen LogP contribution in [0.3, 0.4) is 0 Å². The van der Waals surface area contributed by atoms with E-state index in [2.05, 4.69) is 10.3 Å². The standard InChI is InChI=1S/C15H17N3O2/c19-10-12-5-1-4-8-15(12)20-11-13-9-18(17-16-13)14-6-2-3-7-14/h1,4-5,8-10,14H,2-3,6-7,11H2. The van der Waals surface area contributed by atoms with Crippen LogP contribution in [0.2, 0.25) is 0 Å². The summed E-state index contributed by atoms with van der Waals surface area (Å²) in [5.41, 5.74) is 1.34. The summed E-state index contributed by atoms with van der Waals surface area (Å²) in [4.78, 5) is 10.9. The van der Waals surface area contributed by atoms with Crippen molar-refractivity contribution >= 4 is 6.29 Å². The van der Waals surface area contributed by atoms with Crippen LogP contribution in [0.25, 0.3) is 0 Å². The van der Waals surface area contributed by atoms with Gasteiger partial charge in [-0.25, -0.2) is 4.68 Å². The average molecular weight is 271 g/mol. The fourth-order valence-electron chi connectivity index (χ4n) is 2.59. The molecule has 1 aromatic carbocycles. The Kier molecular flexibility index (Phi) is 3.76. The molecule has 0 atom stereocenters. The highest BCUT2D eigenvalue weighted by Gasteiger charge is 2.18. The molecule has 0 spiro atoms. The number of hydrogen-bond donors (Lipinski definition) is 0. The summed E-state index contributed by atoms with van der Waals surface area (Å²) < 4.78 is 7.58. The zero-order valence-electron chi connectivity index (χ0n) is 11.2. The minimum absolute atomic E-state index is 0.331. The van der Waals surface area contributed by atoms with Crippen LogP contribution in [0, 0.1) is 0 Å². The number of ether oxygens (including phenoxy) is 1. The van der Waals surface area contributed by atoms with Crippen LogP contribution in [0.15, 0.2) is 30.5 Å². The van der Waals surface area contributed by atoms with Crippen LogP contribution in [-0.4, -0.2) is 21.3 Å². The number of benzene rings is 1. The lowest BCUT2D eigenvalue weighted by atomic mass is 10.2. The van der Waals surface area contributed by atoms with Gasteiger partial charge < -0.3 is 4.74 Å². The molecule has 20 heavy (non-hydrogen) atoms. The van der Waals surface area contributed by atoms with Gasteiger partial charge in [-0.3, -0.25) is 4.79 Å². The molecular weight excluding hydrogens is 254 g/mol. The van der Waals surface area contributed by atoms with Crippen LogP contribution >= 0.6 is 0 Å². The van der Waals surface area contributed by atoms with E-state index in [1.807, 2.05) is 23.0 Å². The Morgan fingerprint density at radius 1 is 1.30 bits per heavy atom. The Hall–Kier alpha value is -2.17. The molecule has 0 bridgehead atoms. The number of aldehydes is 1. The second-order valence-electron chi connectivity index (χ2n) is 5.07. The smallest absolute Gasteiger partial charge is 0.153 e. The van der Waals surface area contributed by atoms with Gasteiger partial charge in [0.1, 0.15) is 18.1 Å². The maximum Gasteiger partial charge on any atom is 0.153 e. The first-order chi connectivity index (χ1) is 9.86. The monoisotopic (exact) mass is 271 g/mol. The lowest BCUT2D eigenvalue weighted by molar-refractivity contribution is 0.111. The van der Waals surface area contributed by atoms with Gasteiger partial charge >= 0.3 is 0 Å². The lowest BCUT2D eigenvalue weighted by Gasteiger charge is -2.07. The van der Waals surface area contributed by atoms with Crippen molar-refractivity contribution in [1.82, 2.24) is 15.0 Å². The molecule has 0 radical (unpaired) electrons. The number of para-hydroxylation sites is 1. The summed E-state index contributed by atoms with van der Waals surface area (Å²) in [5, 5.41) is 8.30. The molecular formula is C15H17N3O2. The molecule has 0 saturated heterocycles. The number of carbonyl (C=O) groups excluding carboxylic acids is 1. The highest BCUT2D eigenvalue weighted by molar-refractivity contribution is 5.79. The first-order valence-electron chi connectivity index (χ1n) is 6.94. The highest BCUT2D eigenvalue weighted by Crippen LogP contribution is 2.28. The molecule has 1 aromatic heterocycles. The summed E-state index contributed by atoms with van der Waals surface area (Å²) in [6.07, 6.45) is 7.63. The summed E-state index contributed by atoms with van der Waals surface area (Å²) in [6.45, 7) is 0.331. The predicted molar refractivity (Wildman–Crippen MR) is 73.7 cm³/mol.